The summed E-state index contributed by atoms with van der Waals surface area (Å²) in [4.78, 5) is 23.8. The summed E-state index contributed by atoms with van der Waals surface area (Å²) in [6.45, 7) is 3.84. The average molecular weight is 323 g/mol. The first kappa shape index (κ1) is 17.0. The molecule has 0 heterocycles. The molecule has 122 valence electrons. The van der Waals surface area contributed by atoms with Crippen molar-refractivity contribution in [3.63, 3.8) is 0 Å². The van der Waals surface area contributed by atoms with Crippen molar-refractivity contribution in [1.29, 1.82) is 5.26 Å². The number of hydrogen-bond donors (Lipinski definition) is 2. The van der Waals surface area contributed by atoms with E-state index in [1.165, 1.54) is 6.07 Å². The molecule has 2 rings (SSSR count). The third-order valence-corrected chi connectivity index (χ3v) is 2.94. The van der Waals surface area contributed by atoms with E-state index in [1.54, 1.807) is 42.5 Å². The molecule has 2 aromatic rings. The molecule has 0 atom stereocenters. The van der Waals surface area contributed by atoms with Gasteiger partial charge < -0.3 is 15.4 Å². The molecule has 0 aliphatic heterocycles. The summed E-state index contributed by atoms with van der Waals surface area (Å²) in [5.74, 6) is -0.928. The Labute approximate surface area is 140 Å². The van der Waals surface area contributed by atoms with E-state index in [0.717, 1.165) is 0 Å². The third kappa shape index (κ3) is 4.85. The number of ether oxygens (including phenoxy) is 1. The fourth-order valence-corrected chi connectivity index (χ4v) is 1.93. The predicted octanol–water partition coefficient (Wildman–Crippen LogP) is 2.92. The second-order valence-corrected chi connectivity index (χ2v) is 5.29. The summed E-state index contributed by atoms with van der Waals surface area (Å²) >= 11 is 0. The maximum absolute atomic E-state index is 11.9. The molecular formula is C18H17N3O3. The lowest BCUT2D eigenvalue weighted by molar-refractivity contribution is -0.132. The molecule has 2 amide bonds. The topological polar surface area (TPSA) is 91.2 Å². The molecule has 0 radical (unpaired) electrons. The van der Waals surface area contributed by atoms with Crippen molar-refractivity contribution < 1.29 is 14.3 Å². The van der Waals surface area contributed by atoms with Crippen LogP contribution in [0, 0.1) is 11.3 Å². The molecule has 0 unspecified atom stereocenters. The van der Waals surface area contributed by atoms with Crippen molar-refractivity contribution in [3.8, 4) is 11.8 Å². The molecule has 6 heteroatoms. The molecule has 0 spiro atoms. The number of nitriles is 1. The van der Waals surface area contributed by atoms with E-state index in [4.69, 9.17) is 10.00 Å². The van der Waals surface area contributed by atoms with E-state index in [2.05, 4.69) is 10.6 Å². The van der Waals surface area contributed by atoms with Gasteiger partial charge in [0, 0.05) is 11.4 Å². The van der Waals surface area contributed by atoms with Crippen LogP contribution in [0.4, 0.5) is 11.4 Å². The highest BCUT2D eigenvalue weighted by atomic mass is 16.5. The van der Waals surface area contributed by atoms with Crippen molar-refractivity contribution in [1.82, 2.24) is 0 Å². The normalized spacial score (nSPS) is 9.92. The number of nitrogens with zero attached hydrogens (tertiary/aromatic N) is 1. The highest BCUT2D eigenvalue weighted by Gasteiger charge is 2.14. The van der Waals surface area contributed by atoms with Gasteiger partial charge in [-0.3, -0.25) is 9.59 Å². The van der Waals surface area contributed by atoms with E-state index in [-0.39, 0.29) is 6.10 Å². The van der Waals surface area contributed by atoms with Crippen LogP contribution in [0.15, 0.2) is 48.5 Å². The van der Waals surface area contributed by atoms with Gasteiger partial charge >= 0.3 is 11.8 Å². The summed E-state index contributed by atoms with van der Waals surface area (Å²) in [5.41, 5.74) is 1.26. The van der Waals surface area contributed by atoms with Crippen LogP contribution < -0.4 is 15.4 Å². The summed E-state index contributed by atoms with van der Waals surface area (Å²) in [7, 11) is 0. The Morgan fingerprint density at radius 1 is 1.00 bits per heavy atom. The van der Waals surface area contributed by atoms with E-state index >= 15 is 0 Å². The molecule has 6 nitrogen and oxygen atoms in total. The number of anilines is 2. The largest absolute Gasteiger partial charge is 0.491 e. The Morgan fingerprint density at radius 2 is 1.62 bits per heavy atom. The molecule has 0 aromatic heterocycles. The predicted molar refractivity (Wildman–Crippen MR) is 90.6 cm³/mol. The third-order valence-electron chi connectivity index (χ3n) is 2.94. The lowest BCUT2D eigenvalue weighted by Gasteiger charge is -2.10. The van der Waals surface area contributed by atoms with Crippen LogP contribution in [0.5, 0.6) is 5.75 Å². The van der Waals surface area contributed by atoms with Crippen molar-refractivity contribution in [2.75, 3.05) is 10.6 Å². The lowest BCUT2D eigenvalue weighted by atomic mass is 10.2. The van der Waals surface area contributed by atoms with Crippen LogP contribution >= 0.6 is 0 Å². The van der Waals surface area contributed by atoms with Gasteiger partial charge in [-0.2, -0.15) is 5.26 Å². The van der Waals surface area contributed by atoms with Crippen LogP contribution in [0.2, 0.25) is 0 Å². The fraction of sp³-hybridized carbons (Fsp3) is 0.167. The molecule has 24 heavy (non-hydrogen) atoms. The average Bonchev–Trinajstić information content (AvgIpc) is 2.56. The number of rotatable bonds is 4. The second kappa shape index (κ2) is 7.79. The number of carbonyl (C=O) groups excluding carboxylic acids is 2. The fourth-order valence-electron chi connectivity index (χ4n) is 1.93. The highest BCUT2D eigenvalue weighted by Crippen LogP contribution is 2.17. The minimum atomic E-state index is -0.812. The van der Waals surface area contributed by atoms with Crippen LogP contribution in [-0.2, 0) is 9.59 Å². The first-order chi connectivity index (χ1) is 11.5. The molecule has 2 aromatic carbocycles. The van der Waals surface area contributed by atoms with E-state index in [9.17, 15) is 9.59 Å². The second-order valence-electron chi connectivity index (χ2n) is 5.29. The van der Waals surface area contributed by atoms with Crippen molar-refractivity contribution in [2.45, 2.75) is 20.0 Å². The SMILES string of the molecule is CC(C)Oc1ccc(NC(=O)C(=O)Nc2cccc(C#N)c2)cc1. The minimum absolute atomic E-state index is 0.0559. The molecule has 2 N–H and O–H groups in total. The zero-order chi connectivity index (χ0) is 17.5. The van der Waals surface area contributed by atoms with Gasteiger partial charge in [-0.25, -0.2) is 0 Å². The van der Waals surface area contributed by atoms with Gasteiger partial charge in [0.05, 0.1) is 17.7 Å². The van der Waals surface area contributed by atoms with Crippen LogP contribution in [-0.4, -0.2) is 17.9 Å². The monoisotopic (exact) mass is 323 g/mol. The Bertz CT molecular complexity index is 777. The minimum Gasteiger partial charge on any atom is -0.491 e. The summed E-state index contributed by atoms with van der Waals surface area (Å²) < 4.78 is 5.50. The molecule has 0 aliphatic rings. The van der Waals surface area contributed by atoms with E-state index in [1.807, 2.05) is 19.9 Å². The molecule has 0 aliphatic carbocycles. The standard InChI is InChI=1S/C18H17N3O3/c1-12(2)24-16-8-6-14(7-9-16)20-17(22)18(23)21-15-5-3-4-13(10-15)11-19/h3-10,12H,1-2H3,(H,20,22)(H,21,23). The maximum Gasteiger partial charge on any atom is 0.314 e. The Balaban J connectivity index is 1.96. The number of carbonyl (C=O) groups is 2. The Hall–Kier alpha value is -3.33. The lowest BCUT2D eigenvalue weighted by Crippen LogP contribution is -2.29. The highest BCUT2D eigenvalue weighted by molar-refractivity contribution is 6.43. The van der Waals surface area contributed by atoms with Gasteiger partial charge in [-0.05, 0) is 56.3 Å². The van der Waals surface area contributed by atoms with Crippen LogP contribution in [0.1, 0.15) is 19.4 Å². The van der Waals surface area contributed by atoms with Crippen LogP contribution in [0.3, 0.4) is 0 Å². The molecular weight excluding hydrogens is 306 g/mol. The zero-order valence-electron chi connectivity index (χ0n) is 13.4. The first-order valence-electron chi connectivity index (χ1n) is 7.37. The van der Waals surface area contributed by atoms with Gasteiger partial charge in [0.25, 0.3) is 0 Å². The van der Waals surface area contributed by atoms with Gasteiger partial charge in [-0.1, -0.05) is 6.07 Å². The maximum atomic E-state index is 11.9. The summed E-state index contributed by atoms with van der Waals surface area (Å²) in [6.07, 6.45) is 0.0559. The van der Waals surface area contributed by atoms with Gasteiger partial charge in [0.15, 0.2) is 0 Å². The quantitative estimate of drug-likeness (QED) is 0.846. The number of amides is 2. The Kier molecular flexibility index (Phi) is 5.53. The van der Waals surface area contributed by atoms with Gasteiger partial charge in [0.1, 0.15) is 5.75 Å². The zero-order valence-corrected chi connectivity index (χ0v) is 13.4. The summed E-state index contributed by atoms with van der Waals surface area (Å²) in [5, 5.41) is 13.8. The van der Waals surface area contributed by atoms with Gasteiger partial charge in [-0.15, -0.1) is 0 Å². The molecule has 0 saturated carbocycles. The first-order valence-corrected chi connectivity index (χ1v) is 7.37. The molecule has 0 saturated heterocycles. The van der Waals surface area contributed by atoms with Crippen molar-refractivity contribution in [3.05, 3.63) is 54.1 Å². The van der Waals surface area contributed by atoms with Crippen molar-refractivity contribution >= 4 is 23.2 Å². The summed E-state index contributed by atoms with van der Waals surface area (Å²) in [6, 6.07) is 15.0. The smallest absolute Gasteiger partial charge is 0.314 e. The van der Waals surface area contributed by atoms with Crippen LogP contribution in [0.25, 0.3) is 0 Å². The number of hydrogen-bond acceptors (Lipinski definition) is 4. The van der Waals surface area contributed by atoms with Crippen molar-refractivity contribution in [2.24, 2.45) is 0 Å². The Morgan fingerprint density at radius 3 is 2.21 bits per heavy atom. The van der Waals surface area contributed by atoms with Gasteiger partial charge in [0.2, 0.25) is 0 Å². The van der Waals surface area contributed by atoms with E-state index < -0.39 is 11.8 Å². The van der Waals surface area contributed by atoms with E-state index in [0.29, 0.717) is 22.7 Å². The molecule has 0 fully saturated rings. The number of benzene rings is 2. The molecule has 0 bridgehead atoms. The number of nitrogens with one attached hydrogen (secondary N) is 2.